The molecule has 78 valence electrons. The summed E-state index contributed by atoms with van der Waals surface area (Å²) in [5.41, 5.74) is 3.15. The number of anilines is 1. The van der Waals surface area contributed by atoms with Crippen molar-refractivity contribution in [1.29, 1.82) is 0 Å². The highest BCUT2D eigenvalue weighted by atomic mass is 16.1. The Bertz CT molecular complexity index is 567. The van der Waals surface area contributed by atoms with Crippen molar-refractivity contribution in [2.75, 3.05) is 5.32 Å². The molecule has 1 aromatic carbocycles. The molecule has 1 aromatic rings. The minimum Gasteiger partial charge on any atom is -0.354 e. The number of fused-ring (bicyclic) bond motifs is 2. The summed E-state index contributed by atoms with van der Waals surface area (Å²) in [6, 6.07) is 7.70. The molecule has 0 spiro atoms. The topological polar surface area (TPSA) is 46.2 Å². The van der Waals surface area contributed by atoms with E-state index in [0.717, 1.165) is 11.3 Å². The van der Waals surface area contributed by atoms with Gasteiger partial charge in [-0.1, -0.05) is 18.2 Å². The van der Waals surface area contributed by atoms with Crippen LogP contribution in [0.2, 0.25) is 0 Å². The lowest BCUT2D eigenvalue weighted by Crippen LogP contribution is -2.22. The van der Waals surface area contributed by atoms with Gasteiger partial charge in [-0.25, -0.2) is 0 Å². The van der Waals surface area contributed by atoms with Crippen molar-refractivity contribution in [2.24, 2.45) is 0 Å². The average Bonchev–Trinajstić information content (AvgIpc) is 2.27. The standard InChI is InChI=1S/C13H9NO2/c15-9-6-12-10(13(16)7-9)5-8-3-1-2-4-11(8)14-12/h1-6,14H,7H2. The molecule has 1 aliphatic carbocycles. The van der Waals surface area contributed by atoms with E-state index in [2.05, 4.69) is 5.32 Å². The molecule has 0 unspecified atom stereocenters. The van der Waals surface area contributed by atoms with Crippen molar-refractivity contribution in [2.45, 2.75) is 6.42 Å². The van der Waals surface area contributed by atoms with Crippen LogP contribution < -0.4 is 5.32 Å². The van der Waals surface area contributed by atoms with Crippen LogP contribution in [0.3, 0.4) is 0 Å². The third kappa shape index (κ3) is 1.29. The Hall–Kier alpha value is -2.16. The molecule has 1 aliphatic heterocycles. The molecule has 0 fully saturated rings. The highest BCUT2D eigenvalue weighted by molar-refractivity contribution is 6.20. The predicted octanol–water partition coefficient (Wildman–Crippen LogP) is 1.92. The summed E-state index contributed by atoms with van der Waals surface area (Å²) in [5, 5.41) is 3.11. The SMILES string of the molecule is O=C1C=C2Nc3ccccc3C=C2C(=O)C1. The zero-order valence-electron chi connectivity index (χ0n) is 8.49. The van der Waals surface area contributed by atoms with Gasteiger partial charge in [-0.2, -0.15) is 0 Å². The van der Waals surface area contributed by atoms with Gasteiger partial charge in [0.2, 0.25) is 0 Å². The number of hydrogen-bond acceptors (Lipinski definition) is 3. The monoisotopic (exact) mass is 211 g/mol. The van der Waals surface area contributed by atoms with E-state index >= 15 is 0 Å². The van der Waals surface area contributed by atoms with Crippen LogP contribution in [0, 0.1) is 0 Å². The van der Waals surface area contributed by atoms with Crippen LogP contribution in [0.4, 0.5) is 5.69 Å². The number of allylic oxidation sites excluding steroid dienone is 2. The molecule has 0 amide bonds. The van der Waals surface area contributed by atoms with Crippen LogP contribution >= 0.6 is 0 Å². The molecular weight excluding hydrogens is 202 g/mol. The minimum absolute atomic E-state index is 0.0147. The van der Waals surface area contributed by atoms with Crippen molar-refractivity contribution in [3.63, 3.8) is 0 Å². The van der Waals surface area contributed by atoms with Gasteiger partial charge in [-0.15, -0.1) is 0 Å². The van der Waals surface area contributed by atoms with E-state index in [-0.39, 0.29) is 18.0 Å². The second kappa shape index (κ2) is 3.17. The van der Waals surface area contributed by atoms with Gasteiger partial charge in [0.15, 0.2) is 11.6 Å². The molecule has 0 saturated heterocycles. The zero-order chi connectivity index (χ0) is 11.1. The lowest BCUT2D eigenvalue weighted by molar-refractivity contribution is -0.122. The molecule has 0 saturated carbocycles. The summed E-state index contributed by atoms with van der Waals surface area (Å²) in [6.07, 6.45) is 3.33. The Morgan fingerprint density at radius 1 is 1.06 bits per heavy atom. The van der Waals surface area contributed by atoms with Crippen LogP contribution in [-0.4, -0.2) is 11.6 Å². The molecule has 0 radical (unpaired) electrons. The Morgan fingerprint density at radius 3 is 2.75 bits per heavy atom. The Morgan fingerprint density at radius 2 is 1.88 bits per heavy atom. The second-order valence-electron chi connectivity index (χ2n) is 3.89. The van der Waals surface area contributed by atoms with Crippen LogP contribution in [0.1, 0.15) is 12.0 Å². The third-order valence-electron chi connectivity index (χ3n) is 2.76. The number of Topliss-reactive ketones (excluding diaryl/α,β-unsaturated/α-hetero) is 1. The van der Waals surface area contributed by atoms with Crippen molar-refractivity contribution in [1.82, 2.24) is 0 Å². The third-order valence-corrected chi connectivity index (χ3v) is 2.76. The average molecular weight is 211 g/mol. The van der Waals surface area contributed by atoms with Gasteiger partial charge in [0.05, 0.1) is 12.1 Å². The second-order valence-corrected chi connectivity index (χ2v) is 3.89. The largest absolute Gasteiger partial charge is 0.354 e. The Balaban J connectivity index is 2.19. The fourth-order valence-corrected chi connectivity index (χ4v) is 1.99. The molecule has 0 atom stereocenters. The number of ketones is 2. The molecule has 3 rings (SSSR count). The highest BCUT2D eigenvalue weighted by Gasteiger charge is 2.26. The van der Waals surface area contributed by atoms with Gasteiger partial charge in [0.1, 0.15) is 0 Å². The minimum atomic E-state index is -0.135. The molecule has 0 bridgehead atoms. The van der Waals surface area contributed by atoms with Gasteiger partial charge in [0, 0.05) is 17.3 Å². The van der Waals surface area contributed by atoms with E-state index in [4.69, 9.17) is 0 Å². The summed E-state index contributed by atoms with van der Waals surface area (Å²) in [4.78, 5) is 23.0. The van der Waals surface area contributed by atoms with Gasteiger partial charge < -0.3 is 5.32 Å². The molecule has 3 heteroatoms. The number of hydrogen-bond donors (Lipinski definition) is 1. The maximum atomic E-state index is 11.7. The Kier molecular flexibility index (Phi) is 1.80. The maximum absolute atomic E-state index is 11.7. The predicted molar refractivity (Wildman–Crippen MR) is 60.8 cm³/mol. The molecule has 3 nitrogen and oxygen atoms in total. The molecular formula is C13H9NO2. The van der Waals surface area contributed by atoms with Gasteiger partial charge in [0.25, 0.3) is 0 Å². The Labute approximate surface area is 92.5 Å². The van der Waals surface area contributed by atoms with E-state index in [0.29, 0.717) is 11.3 Å². The first-order valence-corrected chi connectivity index (χ1v) is 5.10. The summed E-state index contributed by atoms with van der Waals surface area (Å²) >= 11 is 0. The maximum Gasteiger partial charge on any atom is 0.172 e. The first kappa shape index (κ1) is 9.09. The van der Waals surface area contributed by atoms with E-state index in [1.165, 1.54) is 6.08 Å². The number of carbonyl (C=O) groups is 2. The molecule has 16 heavy (non-hydrogen) atoms. The summed E-state index contributed by atoms with van der Waals surface area (Å²) in [5.74, 6) is -0.242. The molecule has 1 N–H and O–H groups in total. The summed E-state index contributed by atoms with van der Waals surface area (Å²) in [7, 11) is 0. The number of nitrogens with one attached hydrogen (secondary N) is 1. The van der Waals surface area contributed by atoms with Gasteiger partial charge in [-0.3, -0.25) is 9.59 Å². The molecule has 0 aromatic heterocycles. The zero-order valence-corrected chi connectivity index (χ0v) is 8.49. The van der Waals surface area contributed by atoms with E-state index in [9.17, 15) is 9.59 Å². The van der Waals surface area contributed by atoms with Crippen LogP contribution in [0.15, 0.2) is 41.6 Å². The van der Waals surface area contributed by atoms with Crippen molar-refractivity contribution < 1.29 is 9.59 Å². The van der Waals surface area contributed by atoms with E-state index < -0.39 is 0 Å². The van der Waals surface area contributed by atoms with Crippen molar-refractivity contribution >= 4 is 23.3 Å². The van der Waals surface area contributed by atoms with E-state index in [1.54, 1.807) is 0 Å². The van der Waals surface area contributed by atoms with Gasteiger partial charge in [-0.05, 0) is 17.7 Å². The number of carbonyl (C=O) groups excluding carboxylic acids is 2. The number of benzene rings is 1. The summed E-state index contributed by atoms with van der Waals surface area (Å²) in [6.45, 7) is 0. The fourth-order valence-electron chi connectivity index (χ4n) is 1.99. The fraction of sp³-hybridized carbons (Fsp3) is 0.0769. The van der Waals surface area contributed by atoms with Crippen molar-refractivity contribution in [3.05, 3.63) is 47.2 Å². The lowest BCUT2D eigenvalue weighted by Gasteiger charge is -2.23. The van der Waals surface area contributed by atoms with E-state index in [1.807, 2.05) is 30.3 Å². The lowest BCUT2D eigenvalue weighted by atomic mass is 9.91. The number of para-hydroxylation sites is 1. The number of rotatable bonds is 0. The van der Waals surface area contributed by atoms with Crippen LogP contribution in [0.25, 0.3) is 6.08 Å². The first-order chi connectivity index (χ1) is 7.74. The van der Waals surface area contributed by atoms with Crippen molar-refractivity contribution in [3.8, 4) is 0 Å². The summed E-state index contributed by atoms with van der Waals surface area (Å²) < 4.78 is 0. The molecule has 1 heterocycles. The quantitative estimate of drug-likeness (QED) is 0.667. The highest BCUT2D eigenvalue weighted by Crippen LogP contribution is 2.31. The van der Waals surface area contributed by atoms with Gasteiger partial charge >= 0.3 is 0 Å². The molecule has 2 aliphatic rings. The smallest absolute Gasteiger partial charge is 0.172 e. The van der Waals surface area contributed by atoms with Crippen LogP contribution in [0.5, 0.6) is 0 Å². The van der Waals surface area contributed by atoms with Crippen LogP contribution in [-0.2, 0) is 9.59 Å². The normalized spacial score (nSPS) is 18.0. The first-order valence-electron chi connectivity index (χ1n) is 5.10.